The third-order valence-corrected chi connectivity index (χ3v) is 4.24. The number of carbonyl (C=O) groups excluding carboxylic acids is 2. The highest BCUT2D eigenvalue weighted by atomic mass is 16.2. The van der Waals surface area contributed by atoms with E-state index in [9.17, 15) is 9.59 Å². The molecule has 2 aliphatic heterocycles. The molecule has 6 heteroatoms. The molecule has 0 aromatic heterocycles. The summed E-state index contributed by atoms with van der Waals surface area (Å²) < 4.78 is 0. The van der Waals surface area contributed by atoms with Gasteiger partial charge in [0.2, 0.25) is 5.91 Å². The molecule has 3 rings (SSSR count). The van der Waals surface area contributed by atoms with Gasteiger partial charge in [0, 0.05) is 39.3 Å². The topological polar surface area (TPSA) is 64.7 Å². The Bertz CT molecular complexity index is 567. The number of hydrogen-bond donors (Lipinski definition) is 2. The van der Waals surface area contributed by atoms with E-state index in [1.54, 1.807) is 0 Å². The molecule has 1 aromatic carbocycles. The fraction of sp³-hybridized carbons (Fsp3) is 0.500. The van der Waals surface area contributed by atoms with Gasteiger partial charge in [0.05, 0.1) is 0 Å². The first kappa shape index (κ1) is 14.8. The van der Waals surface area contributed by atoms with Crippen LogP contribution in [0.3, 0.4) is 0 Å². The van der Waals surface area contributed by atoms with Crippen molar-refractivity contribution in [3.63, 3.8) is 0 Å². The minimum atomic E-state index is -0.407. The third-order valence-electron chi connectivity index (χ3n) is 4.24. The molecule has 6 nitrogen and oxygen atoms in total. The van der Waals surface area contributed by atoms with E-state index in [0.29, 0.717) is 6.54 Å². The number of urea groups is 1. The molecule has 0 bridgehead atoms. The molecule has 0 radical (unpaired) electrons. The third kappa shape index (κ3) is 3.39. The van der Waals surface area contributed by atoms with Crippen LogP contribution in [0.1, 0.15) is 11.1 Å². The Labute approximate surface area is 130 Å². The van der Waals surface area contributed by atoms with E-state index >= 15 is 0 Å². The molecular weight excluding hydrogens is 280 g/mol. The molecule has 118 valence electrons. The van der Waals surface area contributed by atoms with Gasteiger partial charge in [0.15, 0.2) is 0 Å². The largest absolute Gasteiger partial charge is 0.338 e. The lowest BCUT2D eigenvalue weighted by atomic mass is 10.1. The smallest absolute Gasteiger partial charge is 0.315 e. The maximum Gasteiger partial charge on any atom is 0.315 e. The van der Waals surface area contributed by atoms with Crippen LogP contribution in [0.25, 0.3) is 0 Å². The fourth-order valence-corrected chi connectivity index (χ4v) is 3.02. The van der Waals surface area contributed by atoms with Crippen LogP contribution in [0.15, 0.2) is 24.3 Å². The number of rotatable bonds is 3. The molecule has 0 aliphatic carbocycles. The number of carbonyl (C=O) groups is 2. The van der Waals surface area contributed by atoms with E-state index in [1.807, 2.05) is 4.90 Å². The molecule has 2 saturated heterocycles. The molecule has 2 N–H and O–H groups in total. The summed E-state index contributed by atoms with van der Waals surface area (Å²) in [5.41, 5.74) is 2.59. The summed E-state index contributed by atoms with van der Waals surface area (Å²) in [6.07, 6.45) is 0. The summed E-state index contributed by atoms with van der Waals surface area (Å²) in [5.74, 6) is 0.0218. The quantitative estimate of drug-likeness (QED) is 0.845. The van der Waals surface area contributed by atoms with E-state index in [1.165, 1.54) is 11.1 Å². The molecule has 2 fully saturated rings. The Morgan fingerprint density at radius 3 is 2.68 bits per heavy atom. The zero-order chi connectivity index (χ0) is 15.5. The molecule has 3 amide bonds. The average molecular weight is 302 g/mol. The molecule has 1 unspecified atom stereocenters. The second-order valence-corrected chi connectivity index (χ2v) is 6.00. The highest BCUT2D eigenvalue weighted by Gasteiger charge is 2.31. The van der Waals surface area contributed by atoms with Crippen LogP contribution in [0.4, 0.5) is 4.79 Å². The van der Waals surface area contributed by atoms with Crippen molar-refractivity contribution in [2.75, 3.05) is 32.7 Å². The minimum absolute atomic E-state index is 0.0218. The Morgan fingerprint density at radius 1 is 1.27 bits per heavy atom. The van der Waals surface area contributed by atoms with Crippen molar-refractivity contribution in [3.05, 3.63) is 35.4 Å². The monoisotopic (exact) mass is 302 g/mol. The van der Waals surface area contributed by atoms with Gasteiger partial charge in [-0.05, 0) is 12.5 Å². The van der Waals surface area contributed by atoms with E-state index in [2.05, 4.69) is 46.7 Å². The maximum absolute atomic E-state index is 12.3. The lowest BCUT2D eigenvalue weighted by Gasteiger charge is -2.35. The van der Waals surface area contributed by atoms with Crippen molar-refractivity contribution in [1.29, 1.82) is 0 Å². The van der Waals surface area contributed by atoms with Gasteiger partial charge >= 0.3 is 6.03 Å². The van der Waals surface area contributed by atoms with Gasteiger partial charge in [-0.3, -0.25) is 9.69 Å². The molecule has 0 spiro atoms. The lowest BCUT2D eigenvalue weighted by Crippen LogP contribution is -2.53. The summed E-state index contributed by atoms with van der Waals surface area (Å²) in [5, 5.41) is 5.28. The first-order chi connectivity index (χ1) is 10.6. The van der Waals surface area contributed by atoms with Crippen LogP contribution in [0.2, 0.25) is 0 Å². The summed E-state index contributed by atoms with van der Waals surface area (Å²) in [6, 6.07) is 7.87. The van der Waals surface area contributed by atoms with E-state index in [4.69, 9.17) is 0 Å². The number of benzene rings is 1. The second-order valence-electron chi connectivity index (χ2n) is 6.00. The van der Waals surface area contributed by atoms with Crippen molar-refractivity contribution in [3.8, 4) is 0 Å². The standard InChI is InChI=1S/C16H22N4O2/c1-12-3-2-4-13(9-12)11-19-5-7-20(8-6-19)15(21)14-10-17-16(22)18-14/h2-4,9,14H,5-8,10-11H2,1H3,(H2,17,18,22). The van der Waals surface area contributed by atoms with Crippen molar-refractivity contribution >= 4 is 11.9 Å². The van der Waals surface area contributed by atoms with E-state index < -0.39 is 6.04 Å². The van der Waals surface area contributed by atoms with Crippen molar-refractivity contribution in [2.45, 2.75) is 19.5 Å². The molecule has 2 heterocycles. The molecule has 1 aromatic rings. The fourth-order valence-electron chi connectivity index (χ4n) is 3.02. The molecule has 2 aliphatic rings. The Balaban J connectivity index is 1.50. The van der Waals surface area contributed by atoms with E-state index in [0.717, 1.165) is 32.7 Å². The lowest BCUT2D eigenvalue weighted by molar-refractivity contribution is -0.134. The predicted molar refractivity (Wildman–Crippen MR) is 83.4 cm³/mol. The highest BCUT2D eigenvalue weighted by molar-refractivity contribution is 5.90. The van der Waals surface area contributed by atoms with Gasteiger partial charge in [-0.25, -0.2) is 4.79 Å². The summed E-state index contributed by atoms with van der Waals surface area (Å²) >= 11 is 0. The van der Waals surface area contributed by atoms with Gasteiger partial charge < -0.3 is 15.5 Å². The van der Waals surface area contributed by atoms with Gasteiger partial charge in [-0.1, -0.05) is 29.8 Å². The van der Waals surface area contributed by atoms with Crippen LogP contribution >= 0.6 is 0 Å². The average Bonchev–Trinajstić information content (AvgIpc) is 2.94. The van der Waals surface area contributed by atoms with Crippen LogP contribution in [-0.2, 0) is 11.3 Å². The Morgan fingerprint density at radius 2 is 2.05 bits per heavy atom. The minimum Gasteiger partial charge on any atom is -0.338 e. The zero-order valence-corrected chi connectivity index (χ0v) is 12.8. The molecule has 0 saturated carbocycles. The first-order valence-corrected chi connectivity index (χ1v) is 7.73. The molecular formula is C16H22N4O2. The number of piperazine rings is 1. The normalized spacial score (nSPS) is 22.3. The molecule has 22 heavy (non-hydrogen) atoms. The Kier molecular flexibility index (Phi) is 4.29. The highest BCUT2D eigenvalue weighted by Crippen LogP contribution is 2.11. The number of aryl methyl sites for hydroxylation is 1. The van der Waals surface area contributed by atoms with Gasteiger partial charge in [-0.15, -0.1) is 0 Å². The number of nitrogens with zero attached hydrogens (tertiary/aromatic N) is 2. The summed E-state index contributed by atoms with van der Waals surface area (Å²) in [6.45, 7) is 6.59. The Hall–Kier alpha value is -2.08. The van der Waals surface area contributed by atoms with Crippen LogP contribution in [0.5, 0.6) is 0 Å². The van der Waals surface area contributed by atoms with Gasteiger partial charge in [-0.2, -0.15) is 0 Å². The number of amides is 3. The summed E-state index contributed by atoms with van der Waals surface area (Å²) in [7, 11) is 0. The maximum atomic E-state index is 12.3. The number of nitrogens with one attached hydrogen (secondary N) is 2. The van der Waals surface area contributed by atoms with E-state index in [-0.39, 0.29) is 11.9 Å². The predicted octanol–water partition coefficient (Wildman–Crippen LogP) is 0.321. The summed E-state index contributed by atoms with van der Waals surface area (Å²) in [4.78, 5) is 27.6. The van der Waals surface area contributed by atoms with Crippen molar-refractivity contribution in [2.24, 2.45) is 0 Å². The SMILES string of the molecule is Cc1cccc(CN2CCN(C(=O)C3CNC(=O)N3)CC2)c1. The first-order valence-electron chi connectivity index (χ1n) is 7.73. The van der Waals surface area contributed by atoms with Gasteiger partial charge in [0.1, 0.15) is 6.04 Å². The van der Waals surface area contributed by atoms with Crippen LogP contribution in [0, 0.1) is 6.92 Å². The zero-order valence-electron chi connectivity index (χ0n) is 12.8. The second kappa shape index (κ2) is 6.36. The van der Waals surface area contributed by atoms with Crippen molar-refractivity contribution in [1.82, 2.24) is 20.4 Å². The van der Waals surface area contributed by atoms with Crippen molar-refractivity contribution < 1.29 is 9.59 Å². The van der Waals surface area contributed by atoms with Crippen LogP contribution in [-0.4, -0.2) is 60.5 Å². The van der Waals surface area contributed by atoms with Crippen LogP contribution < -0.4 is 10.6 Å². The molecule has 1 atom stereocenters. The van der Waals surface area contributed by atoms with Gasteiger partial charge in [0.25, 0.3) is 0 Å². The number of hydrogen-bond acceptors (Lipinski definition) is 3.